The highest BCUT2D eigenvalue weighted by Crippen LogP contribution is 2.38. The Kier molecular flexibility index (Phi) is 2.65. The van der Waals surface area contributed by atoms with Gasteiger partial charge in [-0.2, -0.15) is 4.98 Å². The van der Waals surface area contributed by atoms with Crippen molar-refractivity contribution in [2.45, 2.75) is 26.3 Å². The van der Waals surface area contributed by atoms with Gasteiger partial charge in [0.05, 0.1) is 7.11 Å². The topological polar surface area (TPSA) is 67.3 Å². The number of methoxy groups -OCH3 is 1. The number of fused-ring (bicyclic) bond motifs is 1. The predicted octanol–water partition coefficient (Wildman–Crippen LogP) is 1.04. The van der Waals surface area contributed by atoms with Gasteiger partial charge in [0.15, 0.2) is 5.82 Å². The molecule has 2 heterocycles. The smallest absolute Gasteiger partial charge is 0.249 e. The zero-order valence-corrected chi connectivity index (χ0v) is 10.4. The van der Waals surface area contributed by atoms with Crippen LogP contribution in [0.4, 0.5) is 11.5 Å². The Morgan fingerprint density at radius 3 is 2.76 bits per heavy atom. The molecule has 0 bridgehead atoms. The molecule has 0 aromatic carbocycles. The van der Waals surface area contributed by atoms with E-state index in [0.717, 1.165) is 0 Å². The van der Waals surface area contributed by atoms with Crippen molar-refractivity contribution in [3.05, 3.63) is 6.33 Å². The summed E-state index contributed by atoms with van der Waals surface area (Å²) in [5.74, 6) is 1.00. The lowest BCUT2D eigenvalue weighted by Crippen LogP contribution is -2.56. The number of nitrogens with one attached hydrogen (secondary N) is 1. The minimum atomic E-state index is -0.624. The molecule has 0 atom stereocenters. The summed E-state index contributed by atoms with van der Waals surface area (Å²) in [7, 11) is 1.52. The van der Waals surface area contributed by atoms with Crippen molar-refractivity contribution < 1.29 is 9.53 Å². The van der Waals surface area contributed by atoms with Crippen molar-refractivity contribution in [2.75, 3.05) is 23.9 Å². The third-order valence-corrected chi connectivity index (χ3v) is 3.03. The Labute approximate surface area is 100 Å². The van der Waals surface area contributed by atoms with E-state index in [4.69, 9.17) is 4.74 Å². The lowest BCUT2D eigenvalue weighted by Gasteiger charge is -2.42. The molecule has 0 spiro atoms. The molecule has 1 aromatic rings. The van der Waals surface area contributed by atoms with E-state index in [1.165, 1.54) is 13.4 Å². The SMILES string of the molecule is CCN1c2ncnc(OC)c2NC(=O)C1(C)C. The zero-order valence-electron chi connectivity index (χ0n) is 10.4. The van der Waals surface area contributed by atoms with Crippen LogP contribution in [0.2, 0.25) is 0 Å². The molecule has 1 aliphatic rings. The van der Waals surface area contributed by atoms with Gasteiger partial charge in [-0.1, -0.05) is 0 Å². The molecule has 1 aliphatic heterocycles. The lowest BCUT2D eigenvalue weighted by molar-refractivity contribution is -0.120. The lowest BCUT2D eigenvalue weighted by atomic mass is 9.98. The summed E-state index contributed by atoms with van der Waals surface area (Å²) in [6.07, 6.45) is 1.44. The van der Waals surface area contributed by atoms with Crippen LogP contribution >= 0.6 is 0 Å². The minimum absolute atomic E-state index is 0.0834. The number of amides is 1. The summed E-state index contributed by atoms with van der Waals surface area (Å²) in [6.45, 7) is 6.40. The number of ether oxygens (including phenoxy) is 1. The van der Waals surface area contributed by atoms with Crippen LogP contribution in [0, 0.1) is 0 Å². The first-order valence-corrected chi connectivity index (χ1v) is 5.50. The molecule has 0 aliphatic carbocycles. The van der Waals surface area contributed by atoms with E-state index in [2.05, 4.69) is 15.3 Å². The van der Waals surface area contributed by atoms with Gasteiger partial charge < -0.3 is 15.0 Å². The molecule has 0 saturated heterocycles. The molecule has 17 heavy (non-hydrogen) atoms. The first-order chi connectivity index (χ1) is 8.02. The van der Waals surface area contributed by atoms with Gasteiger partial charge in [0.2, 0.25) is 11.8 Å². The number of carbonyl (C=O) groups excluding carboxylic acids is 1. The maximum atomic E-state index is 12.1. The average molecular weight is 236 g/mol. The molecule has 0 fully saturated rings. The first-order valence-electron chi connectivity index (χ1n) is 5.50. The van der Waals surface area contributed by atoms with Gasteiger partial charge >= 0.3 is 0 Å². The van der Waals surface area contributed by atoms with E-state index in [1.54, 1.807) is 0 Å². The van der Waals surface area contributed by atoms with Crippen LogP contribution in [0.25, 0.3) is 0 Å². The van der Waals surface area contributed by atoms with E-state index in [0.29, 0.717) is 23.9 Å². The first kappa shape index (κ1) is 11.6. The molecule has 6 nitrogen and oxygen atoms in total. The highest BCUT2D eigenvalue weighted by Gasteiger charge is 2.41. The van der Waals surface area contributed by atoms with Gasteiger partial charge in [-0.15, -0.1) is 0 Å². The van der Waals surface area contributed by atoms with Crippen molar-refractivity contribution in [3.63, 3.8) is 0 Å². The standard InChI is InChI=1S/C11H16N4O2/c1-5-15-8-7(9(17-4)13-6-12-8)14-10(16)11(15,2)3/h6H,5H2,1-4H3,(H,14,16). The van der Waals surface area contributed by atoms with E-state index >= 15 is 0 Å². The molecule has 0 saturated carbocycles. The number of carbonyl (C=O) groups is 1. The summed E-state index contributed by atoms with van der Waals surface area (Å²) < 4.78 is 5.13. The Bertz CT molecular complexity index is 459. The summed E-state index contributed by atoms with van der Waals surface area (Å²) in [5.41, 5.74) is -0.0811. The summed E-state index contributed by atoms with van der Waals surface area (Å²) in [4.78, 5) is 22.2. The van der Waals surface area contributed by atoms with E-state index in [9.17, 15) is 4.79 Å². The van der Waals surface area contributed by atoms with Gasteiger partial charge in [0.1, 0.15) is 17.6 Å². The average Bonchev–Trinajstić information content (AvgIpc) is 2.30. The maximum absolute atomic E-state index is 12.1. The molecule has 1 aromatic heterocycles. The van der Waals surface area contributed by atoms with Gasteiger partial charge in [0, 0.05) is 6.54 Å². The van der Waals surface area contributed by atoms with Gasteiger partial charge in [0.25, 0.3) is 0 Å². The van der Waals surface area contributed by atoms with Crippen LogP contribution < -0.4 is 15.0 Å². The third kappa shape index (κ3) is 1.60. The van der Waals surface area contributed by atoms with Crippen LogP contribution in [0.15, 0.2) is 6.33 Å². The second-order valence-corrected chi connectivity index (χ2v) is 4.34. The van der Waals surface area contributed by atoms with Gasteiger partial charge in [-0.3, -0.25) is 4.79 Å². The van der Waals surface area contributed by atoms with Crippen molar-refractivity contribution in [2.24, 2.45) is 0 Å². The molecular weight excluding hydrogens is 220 g/mol. The second-order valence-electron chi connectivity index (χ2n) is 4.34. The summed E-state index contributed by atoms with van der Waals surface area (Å²) >= 11 is 0. The number of anilines is 2. The highest BCUT2D eigenvalue weighted by molar-refractivity contribution is 6.06. The van der Waals surface area contributed by atoms with Gasteiger partial charge in [-0.25, -0.2) is 4.98 Å². The monoisotopic (exact) mass is 236 g/mol. The number of likely N-dealkylation sites (N-methyl/N-ethyl adjacent to an activating group) is 1. The largest absolute Gasteiger partial charge is 0.479 e. The number of nitrogens with zero attached hydrogens (tertiary/aromatic N) is 3. The second kappa shape index (κ2) is 3.87. The quantitative estimate of drug-likeness (QED) is 0.831. The Morgan fingerprint density at radius 1 is 1.47 bits per heavy atom. The Morgan fingerprint density at radius 2 is 2.18 bits per heavy atom. The summed E-state index contributed by atoms with van der Waals surface area (Å²) in [5, 5.41) is 2.80. The van der Waals surface area contributed by atoms with Crippen LogP contribution in [-0.2, 0) is 4.79 Å². The number of hydrogen-bond acceptors (Lipinski definition) is 5. The predicted molar refractivity (Wildman–Crippen MR) is 64.3 cm³/mol. The molecule has 92 valence electrons. The molecular formula is C11H16N4O2. The Balaban J connectivity index is 2.60. The molecule has 2 rings (SSSR count). The van der Waals surface area contributed by atoms with Crippen molar-refractivity contribution >= 4 is 17.4 Å². The number of aromatic nitrogens is 2. The van der Waals surface area contributed by atoms with Crippen molar-refractivity contribution in [3.8, 4) is 5.88 Å². The van der Waals surface area contributed by atoms with Crippen LogP contribution in [0.5, 0.6) is 5.88 Å². The maximum Gasteiger partial charge on any atom is 0.249 e. The van der Waals surface area contributed by atoms with Crippen LogP contribution in [0.3, 0.4) is 0 Å². The molecule has 6 heteroatoms. The van der Waals surface area contributed by atoms with E-state index < -0.39 is 5.54 Å². The fraction of sp³-hybridized carbons (Fsp3) is 0.545. The highest BCUT2D eigenvalue weighted by atomic mass is 16.5. The minimum Gasteiger partial charge on any atom is -0.479 e. The number of hydrogen-bond donors (Lipinski definition) is 1. The van der Waals surface area contributed by atoms with Crippen LogP contribution in [-0.4, -0.2) is 35.1 Å². The summed E-state index contributed by atoms with van der Waals surface area (Å²) in [6, 6.07) is 0. The van der Waals surface area contributed by atoms with E-state index in [1.807, 2.05) is 25.7 Å². The third-order valence-electron chi connectivity index (χ3n) is 3.03. The molecule has 0 radical (unpaired) electrons. The Hall–Kier alpha value is -1.85. The van der Waals surface area contributed by atoms with Crippen LogP contribution in [0.1, 0.15) is 20.8 Å². The molecule has 1 amide bonds. The fourth-order valence-electron chi connectivity index (χ4n) is 2.03. The number of rotatable bonds is 2. The van der Waals surface area contributed by atoms with Gasteiger partial charge in [-0.05, 0) is 20.8 Å². The van der Waals surface area contributed by atoms with Crippen molar-refractivity contribution in [1.29, 1.82) is 0 Å². The molecule has 0 unspecified atom stereocenters. The van der Waals surface area contributed by atoms with Crippen molar-refractivity contribution in [1.82, 2.24) is 9.97 Å². The molecule has 1 N–H and O–H groups in total. The zero-order chi connectivity index (χ0) is 12.6. The normalized spacial score (nSPS) is 17.4. The van der Waals surface area contributed by atoms with E-state index in [-0.39, 0.29) is 5.91 Å². The fourth-order valence-corrected chi connectivity index (χ4v) is 2.03.